The van der Waals surface area contributed by atoms with E-state index in [0.717, 1.165) is 13.1 Å². The zero-order valence-electron chi connectivity index (χ0n) is 13.2. The van der Waals surface area contributed by atoms with Gasteiger partial charge in [-0.2, -0.15) is 0 Å². The number of rotatable bonds is 6. The Morgan fingerprint density at radius 2 is 1.80 bits per heavy atom. The zero-order valence-corrected chi connectivity index (χ0v) is 13.2. The van der Waals surface area contributed by atoms with Crippen LogP contribution in [0.15, 0.2) is 0 Å². The van der Waals surface area contributed by atoms with E-state index in [1.807, 2.05) is 0 Å². The monoisotopic (exact) mass is 281 g/mol. The second-order valence-corrected chi connectivity index (χ2v) is 7.08. The SMILES string of the molecule is CN(C)C1(CNC(=O)CC2CCC(CN)CC2)CCC1. The summed E-state index contributed by atoms with van der Waals surface area (Å²) in [6, 6.07) is 0. The summed E-state index contributed by atoms with van der Waals surface area (Å²) < 4.78 is 0. The van der Waals surface area contributed by atoms with Gasteiger partial charge < -0.3 is 16.0 Å². The number of nitrogens with zero attached hydrogens (tertiary/aromatic N) is 1. The first-order valence-electron chi connectivity index (χ1n) is 8.20. The molecule has 0 aliphatic heterocycles. The third kappa shape index (κ3) is 3.73. The van der Waals surface area contributed by atoms with Gasteiger partial charge in [0.2, 0.25) is 5.91 Å². The lowest BCUT2D eigenvalue weighted by Crippen LogP contribution is -2.57. The summed E-state index contributed by atoms with van der Waals surface area (Å²) in [4.78, 5) is 14.4. The molecule has 2 fully saturated rings. The lowest BCUT2D eigenvalue weighted by atomic mass is 9.75. The fraction of sp³-hybridized carbons (Fsp3) is 0.938. The Bertz CT molecular complexity index is 318. The molecular formula is C16H31N3O. The van der Waals surface area contributed by atoms with Crippen molar-refractivity contribution in [1.82, 2.24) is 10.2 Å². The number of nitrogens with two attached hydrogens (primary N) is 1. The average molecular weight is 281 g/mol. The van der Waals surface area contributed by atoms with Gasteiger partial charge in [0.1, 0.15) is 0 Å². The van der Waals surface area contributed by atoms with E-state index in [2.05, 4.69) is 24.3 Å². The highest BCUT2D eigenvalue weighted by molar-refractivity contribution is 5.76. The van der Waals surface area contributed by atoms with Crippen LogP contribution in [0, 0.1) is 11.8 Å². The third-order valence-electron chi connectivity index (χ3n) is 5.62. The van der Waals surface area contributed by atoms with E-state index in [0.29, 0.717) is 18.3 Å². The Hall–Kier alpha value is -0.610. The predicted molar refractivity (Wildman–Crippen MR) is 82.4 cm³/mol. The summed E-state index contributed by atoms with van der Waals surface area (Å²) in [7, 11) is 4.25. The Kier molecular flexibility index (Phi) is 5.44. The molecule has 4 nitrogen and oxygen atoms in total. The lowest BCUT2D eigenvalue weighted by molar-refractivity contribution is -0.123. The third-order valence-corrected chi connectivity index (χ3v) is 5.62. The molecule has 0 spiro atoms. The second kappa shape index (κ2) is 6.90. The highest BCUT2D eigenvalue weighted by atomic mass is 16.1. The van der Waals surface area contributed by atoms with Gasteiger partial charge in [0, 0.05) is 18.5 Å². The van der Waals surface area contributed by atoms with Crippen LogP contribution in [0.5, 0.6) is 0 Å². The number of carbonyl (C=O) groups is 1. The zero-order chi connectivity index (χ0) is 14.6. The van der Waals surface area contributed by atoms with Crippen molar-refractivity contribution < 1.29 is 4.79 Å². The van der Waals surface area contributed by atoms with Crippen LogP contribution in [0.1, 0.15) is 51.4 Å². The molecule has 0 heterocycles. The van der Waals surface area contributed by atoms with Gasteiger partial charge in [0.05, 0.1) is 0 Å². The van der Waals surface area contributed by atoms with E-state index < -0.39 is 0 Å². The molecule has 1 amide bonds. The van der Waals surface area contributed by atoms with Crippen LogP contribution in [0.25, 0.3) is 0 Å². The Morgan fingerprint density at radius 3 is 2.25 bits per heavy atom. The molecule has 3 N–H and O–H groups in total. The molecule has 0 unspecified atom stereocenters. The molecule has 2 aliphatic rings. The van der Waals surface area contributed by atoms with Crippen molar-refractivity contribution in [3.05, 3.63) is 0 Å². The van der Waals surface area contributed by atoms with Crippen LogP contribution in [-0.4, -0.2) is 43.5 Å². The number of likely N-dealkylation sites (N-methyl/N-ethyl adjacent to an activating group) is 1. The quantitative estimate of drug-likeness (QED) is 0.780. The van der Waals surface area contributed by atoms with Crippen LogP contribution in [0.3, 0.4) is 0 Å². The van der Waals surface area contributed by atoms with Gasteiger partial charge in [-0.25, -0.2) is 0 Å². The van der Waals surface area contributed by atoms with Gasteiger partial charge in [0.25, 0.3) is 0 Å². The van der Waals surface area contributed by atoms with Crippen molar-refractivity contribution in [1.29, 1.82) is 0 Å². The van der Waals surface area contributed by atoms with Crippen LogP contribution in [-0.2, 0) is 4.79 Å². The maximum atomic E-state index is 12.1. The Morgan fingerprint density at radius 1 is 1.20 bits per heavy atom. The molecule has 4 heteroatoms. The van der Waals surface area contributed by atoms with Crippen LogP contribution < -0.4 is 11.1 Å². The van der Waals surface area contributed by atoms with E-state index in [-0.39, 0.29) is 11.4 Å². The first-order chi connectivity index (χ1) is 9.55. The minimum atomic E-state index is 0.229. The van der Waals surface area contributed by atoms with Crippen LogP contribution in [0.2, 0.25) is 0 Å². The van der Waals surface area contributed by atoms with Crippen LogP contribution in [0.4, 0.5) is 0 Å². The summed E-state index contributed by atoms with van der Waals surface area (Å²) >= 11 is 0. The van der Waals surface area contributed by atoms with Crippen molar-refractivity contribution >= 4 is 5.91 Å². The summed E-state index contributed by atoms with van der Waals surface area (Å²) in [5.74, 6) is 1.52. The Balaban J connectivity index is 1.68. The first-order valence-corrected chi connectivity index (χ1v) is 8.20. The highest BCUT2D eigenvalue weighted by Crippen LogP contribution is 2.35. The molecule has 116 valence electrons. The number of hydrogen-bond donors (Lipinski definition) is 2. The van der Waals surface area contributed by atoms with Crippen molar-refractivity contribution in [2.45, 2.75) is 56.9 Å². The lowest BCUT2D eigenvalue weighted by Gasteiger charge is -2.47. The second-order valence-electron chi connectivity index (χ2n) is 7.08. The fourth-order valence-corrected chi connectivity index (χ4v) is 3.64. The topological polar surface area (TPSA) is 58.4 Å². The molecule has 0 saturated heterocycles. The van der Waals surface area contributed by atoms with Gasteiger partial charge in [-0.05, 0) is 77.4 Å². The molecule has 2 saturated carbocycles. The molecule has 0 atom stereocenters. The number of hydrogen-bond acceptors (Lipinski definition) is 3. The predicted octanol–water partition coefficient (Wildman–Crippen LogP) is 1.74. The van der Waals surface area contributed by atoms with Crippen molar-refractivity contribution in [2.75, 3.05) is 27.2 Å². The van der Waals surface area contributed by atoms with Crippen molar-refractivity contribution in [3.63, 3.8) is 0 Å². The average Bonchev–Trinajstić information content (AvgIpc) is 2.38. The van der Waals surface area contributed by atoms with Gasteiger partial charge in [-0.1, -0.05) is 0 Å². The minimum Gasteiger partial charge on any atom is -0.354 e. The fourth-order valence-electron chi connectivity index (χ4n) is 3.64. The van der Waals surface area contributed by atoms with Crippen molar-refractivity contribution in [3.8, 4) is 0 Å². The number of amides is 1. The Labute approximate surface area is 123 Å². The maximum Gasteiger partial charge on any atom is 0.220 e. The van der Waals surface area contributed by atoms with E-state index >= 15 is 0 Å². The molecule has 2 rings (SSSR count). The molecule has 20 heavy (non-hydrogen) atoms. The normalized spacial score (nSPS) is 29.0. The molecule has 2 aliphatic carbocycles. The minimum absolute atomic E-state index is 0.229. The van der Waals surface area contributed by atoms with E-state index in [1.165, 1.54) is 44.9 Å². The highest BCUT2D eigenvalue weighted by Gasteiger charge is 2.39. The molecule has 0 aromatic carbocycles. The van der Waals surface area contributed by atoms with Crippen LogP contribution >= 0.6 is 0 Å². The maximum absolute atomic E-state index is 12.1. The van der Waals surface area contributed by atoms with E-state index in [4.69, 9.17) is 5.73 Å². The summed E-state index contributed by atoms with van der Waals surface area (Å²) in [6.45, 7) is 1.63. The van der Waals surface area contributed by atoms with Gasteiger partial charge in [-0.15, -0.1) is 0 Å². The number of nitrogens with one attached hydrogen (secondary N) is 1. The summed E-state index contributed by atoms with van der Waals surface area (Å²) in [5.41, 5.74) is 5.94. The molecule has 0 radical (unpaired) electrons. The van der Waals surface area contributed by atoms with Gasteiger partial charge in [-0.3, -0.25) is 4.79 Å². The molecule has 0 aromatic heterocycles. The first kappa shape index (κ1) is 15.8. The summed E-state index contributed by atoms with van der Waals surface area (Å²) in [6.07, 6.45) is 9.18. The van der Waals surface area contributed by atoms with E-state index in [9.17, 15) is 4.79 Å². The van der Waals surface area contributed by atoms with Gasteiger partial charge in [0.15, 0.2) is 0 Å². The molecular weight excluding hydrogens is 250 g/mol. The smallest absolute Gasteiger partial charge is 0.220 e. The number of carbonyl (C=O) groups excluding carboxylic acids is 1. The molecule has 0 bridgehead atoms. The largest absolute Gasteiger partial charge is 0.354 e. The van der Waals surface area contributed by atoms with Crippen molar-refractivity contribution in [2.24, 2.45) is 17.6 Å². The molecule has 0 aromatic rings. The summed E-state index contributed by atoms with van der Waals surface area (Å²) in [5, 5.41) is 3.17. The standard InChI is InChI=1S/C16H31N3O/c1-19(2)16(8-3-9-16)12-18-15(20)10-13-4-6-14(11-17)7-5-13/h13-14H,3-12,17H2,1-2H3,(H,18,20). The van der Waals surface area contributed by atoms with Gasteiger partial charge >= 0.3 is 0 Å². The van der Waals surface area contributed by atoms with E-state index in [1.54, 1.807) is 0 Å².